The predicted octanol–water partition coefficient (Wildman–Crippen LogP) is 1.95. The van der Waals surface area contributed by atoms with E-state index in [2.05, 4.69) is 15.6 Å². The summed E-state index contributed by atoms with van der Waals surface area (Å²) in [6.45, 7) is 19.8. The molecule has 19 nitrogen and oxygen atoms in total. The highest BCUT2D eigenvalue weighted by atomic mass is 32.2. The van der Waals surface area contributed by atoms with Crippen LogP contribution in [0.5, 0.6) is 0 Å². The fourth-order valence-corrected chi connectivity index (χ4v) is 11.3. The van der Waals surface area contributed by atoms with Gasteiger partial charge >= 0.3 is 5.97 Å². The number of nitrogens with one attached hydrogen (secondary N) is 2. The second-order valence-corrected chi connectivity index (χ2v) is 21.7. The summed E-state index contributed by atoms with van der Waals surface area (Å²) in [6.07, 6.45) is -8.60. The van der Waals surface area contributed by atoms with Crippen LogP contribution in [0.4, 0.5) is 0 Å². The highest BCUT2D eigenvalue weighted by Gasteiger charge is 2.58. The Balaban J connectivity index is 1.82. The highest BCUT2D eigenvalue weighted by Crippen LogP contribution is 2.43. The third-order valence-electron chi connectivity index (χ3n) is 14.3. The molecule has 66 heavy (non-hydrogen) atoms. The number of aromatic nitrogens is 1. The average molecular weight is 958 g/mol. The van der Waals surface area contributed by atoms with Crippen molar-refractivity contribution in [2.45, 2.75) is 203 Å². The van der Waals surface area contributed by atoms with Crippen molar-refractivity contribution in [3.63, 3.8) is 0 Å². The number of sulfonamides is 1. The maximum absolute atomic E-state index is 14.5. The van der Waals surface area contributed by atoms with E-state index in [4.69, 9.17) is 28.4 Å². The zero-order valence-electron chi connectivity index (χ0n) is 41.1. The van der Waals surface area contributed by atoms with Gasteiger partial charge in [-0.2, -0.15) is 9.57 Å². The van der Waals surface area contributed by atoms with E-state index in [0.29, 0.717) is 6.54 Å². The molecule has 0 radical (unpaired) electrons. The first-order valence-corrected chi connectivity index (χ1v) is 24.8. The van der Waals surface area contributed by atoms with E-state index in [1.807, 2.05) is 19.9 Å². The van der Waals surface area contributed by atoms with E-state index in [1.165, 1.54) is 33.2 Å². The molecule has 1 aromatic rings. The highest BCUT2D eigenvalue weighted by molar-refractivity contribution is 7.89. The van der Waals surface area contributed by atoms with Crippen molar-refractivity contribution >= 4 is 16.0 Å². The van der Waals surface area contributed by atoms with Crippen LogP contribution in [-0.2, 0) is 43.2 Å². The van der Waals surface area contributed by atoms with Crippen LogP contribution in [0.15, 0.2) is 23.2 Å². The van der Waals surface area contributed by atoms with Gasteiger partial charge in [0.1, 0.15) is 51.8 Å². The Morgan fingerprint density at radius 1 is 1.03 bits per heavy atom. The van der Waals surface area contributed by atoms with Crippen LogP contribution in [-0.4, -0.2) is 173 Å². The molecule has 3 fully saturated rings. The molecule has 18 atom stereocenters. The smallest absolute Gasteiger partial charge is 0.311 e. The summed E-state index contributed by atoms with van der Waals surface area (Å²) in [5.74, 6) is -3.22. The number of hydrogen-bond donors (Lipinski definition) is 7. The molecule has 0 unspecified atom stereocenters. The predicted molar refractivity (Wildman–Crippen MR) is 242 cm³/mol. The monoisotopic (exact) mass is 958 g/mol. The topological polar surface area (TPSA) is 272 Å². The van der Waals surface area contributed by atoms with E-state index in [0.717, 1.165) is 16.9 Å². The Morgan fingerprint density at radius 3 is 2.27 bits per heavy atom. The molecule has 7 N–H and O–H groups in total. The second-order valence-electron chi connectivity index (χ2n) is 19.7. The van der Waals surface area contributed by atoms with Crippen molar-refractivity contribution in [2.75, 3.05) is 33.8 Å². The molecule has 4 rings (SSSR count). The van der Waals surface area contributed by atoms with E-state index < -0.39 is 118 Å². The number of rotatable bonds is 13. The zero-order valence-corrected chi connectivity index (χ0v) is 41.9. The molecule has 3 aliphatic heterocycles. The third-order valence-corrected chi connectivity index (χ3v) is 16.2. The Kier molecular flexibility index (Phi) is 19.2. The first kappa shape index (κ1) is 56.1. The number of cyclic esters (lactones) is 1. The molecule has 0 aliphatic carbocycles. The van der Waals surface area contributed by atoms with Crippen LogP contribution in [0, 0.1) is 29.1 Å². The van der Waals surface area contributed by atoms with E-state index in [1.54, 1.807) is 55.4 Å². The number of carbonyl (C=O) groups is 1. The summed E-state index contributed by atoms with van der Waals surface area (Å²) in [5.41, 5.74) is -6.37. The minimum atomic E-state index is -4.27. The quantitative estimate of drug-likeness (QED) is 0.110. The summed E-state index contributed by atoms with van der Waals surface area (Å²) < 4.78 is 67.2. The van der Waals surface area contributed by atoms with Crippen molar-refractivity contribution in [1.29, 1.82) is 5.26 Å². The lowest BCUT2D eigenvalue weighted by Crippen LogP contribution is -2.70. The standard InChI is InChI=1S/C46H79N5O14S/c1-14-18-48-25-46(57)31(8)62-36(21-44(46,10)60-13)64-38-28(5)40(43(9,55)20-26(3)23-49-30(7)39(53)45(11,56)35(15-2)63-41(54)29(38)6)65-42-37(52)34(19-27(4)61-42)51(12)66(58,59)33-17-16-32(22-47)50-24-33/h16-17,24,26-31,34-40,42,48-49,52-53,55-57H,14-15,18-21,23,25H2,1-13H3/t26-,27-,28+,29-,30-,31+,34+,35-,36+,37-,38+,39-,40-,42+,43-,44-,45-,46+/m1/s1. The fraction of sp³-hybridized carbons (Fsp3) is 0.848. The van der Waals surface area contributed by atoms with Crippen LogP contribution in [0.2, 0.25) is 0 Å². The summed E-state index contributed by atoms with van der Waals surface area (Å²) >= 11 is 0. The Hall–Kier alpha value is -2.46. The number of aliphatic hydroxyl groups is 5. The number of nitrogens with zero attached hydrogens (tertiary/aromatic N) is 3. The molecule has 0 spiro atoms. The van der Waals surface area contributed by atoms with Gasteiger partial charge in [-0.05, 0) is 105 Å². The molecule has 378 valence electrons. The van der Waals surface area contributed by atoms with Crippen LogP contribution in [0.25, 0.3) is 0 Å². The number of aliphatic hydroxyl groups excluding tert-OH is 2. The van der Waals surface area contributed by atoms with Gasteiger partial charge < -0.3 is 64.6 Å². The minimum absolute atomic E-state index is 0.00332. The molecule has 1 aromatic heterocycles. The average Bonchev–Trinajstić information content (AvgIpc) is 3.26. The molecule has 3 saturated heterocycles. The number of nitriles is 1. The van der Waals surface area contributed by atoms with Gasteiger partial charge in [-0.3, -0.25) is 4.79 Å². The lowest BCUT2D eigenvalue weighted by molar-refractivity contribution is -0.336. The van der Waals surface area contributed by atoms with Gasteiger partial charge in [-0.1, -0.05) is 27.7 Å². The summed E-state index contributed by atoms with van der Waals surface area (Å²) in [5, 5.41) is 75.9. The maximum Gasteiger partial charge on any atom is 0.311 e. The number of methoxy groups -OCH3 is 1. The molecule has 0 saturated carbocycles. The van der Waals surface area contributed by atoms with Crippen LogP contribution in [0.3, 0.4) is 0 Å². The summed E-state index contributed by atoms with van der Waals surface area (Å²) in [4.78, 5) is 18.2. The van der Waals surface area contributed by atoms with Gasteiger partial charge in [0.2, 0.25) is 10.0 Å². The normalized spacial score (nSPS) is 42.5. The number of likely N-dealkylation sites (N-methyl/N-ethyl adjacent to an activating group) is 1. The molecule has 20 heteroatoms. The summed E-state index contributed by atoms with van der Waals surface area (Å²) in [7, 11) is -1.45. The number of carbonyl (C=O) groups excluding carboxylic acids is 1. The molecular weight excluding hydrogens is 879 g/mol. The number of esters is 1. The molecular formula is C46H79N5O14S. The Morgan fingerprint density at radius 2 is 1.70 bits per heavy atom. The Bertz CT molecular complexity index is 1890. The minimum Gasteiger partial charge on any atom is -0.459 e. The molecule has 3 aliphatic rings. The van der Waals surface area contributed by atoms with E-state index in [9.17, 15) is 44.0 Å². The number of hydrogen-bond acceptors (Lipinski definition) is 18. The maximum atomic E-state index is 14.5. The van der Waals surface area contributed by atoms with Gasteiger partial charge in [0, 0.05) is 45.3 Å². The first-order valence-electron chi connectivity index (χ1n) is 23.3. The van der Waals surface area contributed by atoms with Gasteiger partial charge in [-0.15, -0.1) is 0 Å². The molecule has 0 amide bonds. The van der Waals surface area contributed by atoms with Gasteiger partial charge in [0.15, 0.2) is 12.6 Å². The van der Waals surface area contributed by atoms with Crippen molar-refractivity contribution in [3.05, 3.63) is 24.0 Å². The summed E-state index contributed by atoms with van der Waals surface area (Å²) in [6, 6.07) is 2.64. The number of ether oxygens (including phenoxy) is 6. The van der Waals surface area contributed by atoms with Crippen molar-refractivity contribution in [1.82, 2.24) is 19.9 Å². The molecule has 0 bridgehead atoms. The van der Waals surface area contributed by atoms with Crippen LogP contribution >= 0.6 is 0 Å². The first-order chi connectivity index (χ1) is 30.6. The lowest BCUT2D eigenvalue weighted by Gasteiger charge is -2.53. The van der Waals surface area contributed by atoms with Gasteiger partial charge in [-0.25, -0.2) is 13.4 Å². The fourth-order valence-electron chi connectivity index (χ4n) is 10.00. The van der Waals surface area contributed by atoms with Gasteiger partial charge in [0.25, 0.3) is 0 Å². The van der Waals surface area contributed by atoms with Crippen molar-refractivity contribution in [3.8, 4) is 6.07 Å². The molecule has 0 aromatic carbocycles. The van der Waals surface area contributed by atoms with E-state index >= 15 is 0 Å². The van der Waals surface area contributed by atoms with Gasteiger partial charge in [0.05, 0.1) is 42.0 Å². The largest absolute Gasteiger partial charge is 0.459 e. The number of pyridine rings is 1. The van der Waals surface area contributed by atoms with Crippen LogP contribution in [0.1, 0.15) is 114 Å². The van der Waals surface area contributed by atoms with Crippen molar-refractivity contribution in [2.24, 2.45) is 17.8 Å². The van der Waals surface area contributed by atoms with Crippen molar-refractivity contribution < 1.29 is 67.2 Å². The zero-order chi connectivity index (χ0) is 49.7. The van der Waals surface area contributed by atoms with E-state index in [-0.39, 0.29) is 55.3 Å². The second kappa shape index (κ2) is 22.5. The SMILES string of the molecule is CCCNC[C@]1(O)[C@H](C)O[C@@H](O[C@H]2[C@H](C)[C@@H](O[C@@H]3O[C@H](C)C[C@H](N(C)S(=O)(=O)c4ccc(C#N)nc4)[C@H]3O)[C@](C)(O)C[C@@H](C)CN[C@H](C)[C@@H](O)[C@](C)(O)[C@@H](CC)OC(=O)[C@@H]2C)C[C@@]1(C)OC. The lowest BCUT2D eigenvalue weighted by atomic mass is 9.75. The van der Waals surface area contributed by atoms with Crippen LogP contribution < -0.4 is 10.6 Å². The Labute approximate surface area is 391 Å². The molecule has 4 heterocycles. The third kappa shape index (κ3) is 12.1.